The van der Waals surface area contributed by atoms with Crippen LogP contribution in [0.4, 0.5) is 10.8 Å². The van der Waals surface area contributed by atoms with Gasteiger partial charge in [0.1, 0.15) is 0 Å². The van der Waals surface area contributed by atoms with Gasteiger partial charge >= 0.3 is 5.97 Å². The standard InChI is InChI=1S/C12H11BrN2O2S/c1-6-4-3-5-8(9(6)13)14-12-15-10(11(16)17)7(2)18-12/h3-5H,1-2H3,(H,14,15)(H,16,17). The zero-order valence-electron chi connectivity index (χ0n) is 9.82. The van der Waals surface area contributed by atoms with Gasteiger partial charge < -0.3 is 10.4 Å². The Morgan fingerprint density at radius 1 is 1.44 bits per heavy atom. The summed E-state index contributed by atoms with van der Waals surface area (Å²) in [5.74, 6) is -1.000. The molecule has 0 spiro atoms. The molecule has 0 unspecified atom stereocenters. The first-order chi connectivity index (χ1) is 8.49. The summed E-state index contributed by atoms with van der Waals surface area (Å²) in [6.45, 7) is 3.74. The minimum Gasteiger partial charge on any atom is -0.476 e. The van der Waals surface area contributed by atoms with Crippen molar-refractivity contribution in [3.8, 4) is 0 Å². The molecule has 0 aliphatic rings. The van der Waals surface area contributed by atoms with E-state index < -0.39 is 5.97 Å². The molecule has 18 heavy (non-hydrogen) atoms. The number of aromatic carboxylic acids is 1. The highest BCUT2D eigenvalue weighted by atomic mass is 79.9. The highest BCUT2D eigenvalue weighted by molar-refractivity contribution is 9.10. The molecular formula is C12H11BrN2O2S. The van der Waals surface area contributed by atoms with Gasteiger partial charge in [0.25, 0.3) is 0 Å². The van der Waals surface area contributed by atoms with E-state index in [0.717, 1.165) is 15.7 Å². The van der Waals surface area contributed by atoms with E-state index in [9.17, 15) is 4.79 Å². The molecule has 0 fully saturated rings. The maximum absolute atomic E-state index is 10.9. The summed E-state index contributed by atoms with van der Waals surface area (Å²) >= 11 is 4.82. The predicted molar refractivity (Wildman–Crippen MR) is 76.0 cm³/mol. The lowest BCUT2D eigenvalue weighted by molar-refractivity contribution is 0.0690. The molecule has 0 aliphatic heterocycles. The second-order valence-electron chi connectivity index (χ2n) is 3.79. The molecule has 0 atom stereocenters. The predicted octanol–water partition coefficient (Wildman–Crippen LogP) is 3.96. The van der Waals surface area contributed by atoms with Crippen LogP contribution in [-0.4, -0.2) is 16.1 Å². The van der Waals surface area contributed by atoms with Gasteiger partial charge in [0.2, 0.25) is 0 Å². The number of carboxylic acid groups (broad SMARTS) is 1. The van der Waals surface area contributed by atoms with Gasteiger partial charge in [0, 0.05) is 9.35 Å². The van der Waals surface area contributed by atoms with Crippen LogP contribution in [0.15, 0.2) is 22.7 Å². The minimum atomic E-state index is -1.000. The normalized spacial score (nSPS) is 10.4. The second-order valence-corrected chi connectivity index (χ2v) is 5.79. The highest BCUT2D eigenvalue weighted by Gasteiger charge is 2.14. The lowest BCUT2D eigenvalue weighted by Gasteiger charge is -2.07. The molecule has 0 aliphatic carbocycles. The smallest absolute Gasteiger partial charge is 0.355 e. The Morgan fingerprint density at radius 2 is 2.17 bits per heavy atom. The van der Waals surface area contributed by atoms with E-state index in [-0.39, 0.29) is 5.69 Å². The molecule has 0 saturated carbocycles. The summed E-state index contributed by atoms with van der Waals surface area (Å²) in [7, 11) is 0. The van der Waals surface area contributed by atoms with E-state index in [1.165, 1.54) is 11.3 Å². The van der Waals surface area contributed by atoms with Crippen molar-refractivity contribution in [2.24, 2.45) is 0 Å². The third kappa shape index (κ3) is 2.54. The number of hydrogen-bond acceptors (Lipinski definition) is 4. The number of hydrogen-bond donors (Lipinski definition) is 2. The topological polar surface area (TPSA) is 62.2 Å². The van der Waals surface area contributed by atoms with Crippen molar-refractivity contribution < 1.29 is 9.90 Å². The van der Waals surface area contributed by atoms with Crippen LogP contribution in [0.1, 0.15) is 20.9 Å². The van der Waals surface area contributed by atoms with Crippen LogP contribution in [0.25, 0.3) is 0 Å². The number of rotatable bonds is 3. The molecule has 0 saturated heterocycles. The molecule has 1 aromatic carbocycles. The molecule has 4 nitrogen and oxygen atoms in total. The number of thiazole rings is 1. The Bertz CT molecular complexity index is 610. The Kier molecular flexibility index (Phi) is 3.68. The van der Waals surface area contributed by atoms with Crippen molar-refractivity contribution in [3.05, 3.63) is 38.8 Å². The summed E-state index contributed by atoms with van der Waals surface area (Å²) < 4.78 is 0.953. The first-order valence-corrected chi connectivity index (χ1v) is 6.83. The first kappa shape index (κ1) is 13.0. The zero-order chi connectivity index (χ0) is 13.3. The number of aryl methyl sites for hydroxylation is 2. The minimum absolute atomic E-state index is 0.103. The summed E-state index contributed by atoms with van der Waals surface area (Å²) in [5.41, 5.74) is 2.08. The molecule has 0 amide bonds. The Morgan fingerprint density at radius 3 is 2.78 bits per heavy atom. The maximum Gasteiger partial charge on any atom is 0.355 e. The van der Waals surface area contributed by atoms with E-state index in [2.05, 4.69) is 26.2 Å². The van der Waals surface area contributed by atoms with Crippen LogP contribution in [-0.2, 0) is 0 Å². The van der Waals surface area contributed by atoms with Crippen LogP contribution < -0.4 is 5.32 Å². The molecule has 0 bridgehead atoms. The number of anilines is 2. The lowest BCUT2D eigenvalue weighted by atomic mass is 10.2. The van der Waals surface area contributed by atoms with Crippen molar-refractivity contribution in [1.82, 2.24) is 4.98 Å². The number of carboxylic acids is 1. The molecule has 2 aromatic rings. The van der Waals surface area contributed by atoms with Crippen LogP contribution in [0.3, 0.4) is 0 Å². The second kappa shape index (κ2) is 5.07. The number of halogens is 1. The van der Waals surface area contributed by atoms with Gasteiger partial charge in [-0.15, -0.1) is 11.3 Å². The highest BCUT2D eigenvalue weighted by Crippen LogP contribution is 2.31. The third-order valence-electron chi connectivity index (χ3n) is 2.43. The molecule has 0 radical (unpaired) electrons. The largest absolute Gasteiger partial charge is 0.476 e. The van der Waals surface area contributed by atoms with Gasteiger partial charge in [-0.25, -0.2) is 9.78 Å². The SMILES string of the molecule is Cc1cccc(Nc2nc(C(=O)O)c(C)s2)c1Br. The molecule has 94 valence electrons. The number of nitrogens with one attached hydrogen (secondary N) is 1. The molecule has 2 N–H and O–H groups in total. The van der Waals surface area contributed by atoms with Crippen molar-refractivity contribution in [3.63, 3.8) is 0 Å². The van der Waals surface area contributed by atoms with Crippen LogP contribution >= 0.6 is 27.3 Å². The van der Waals surface area contributed by atoms with Gasteiger partial charge in [-0.05, 0) is 41.4 Å². The number of nitrogens with zero attached hydrogens (tertiary/aromatic N) is 1. The van der Waals surface area contributed by atoms with E-state index in [1.807, 2.05) is 25.1 Å². The summed E-state index contributed by atoms with van der Waals surface area (Å²) in [6, 6.07) is 5.83. The van der Waals surface area contributed by atoms with E-state index in [4.69, 9.17) is 5.11 Å². The summed E-state index contributed by atoms with van der Waals surface area (Å²) in [4.78, 5) is 15.7. The van der Waals surface area contributed by atoms with Crippen molar-refractivity contribution in [1.29, 1.82) is 0 Å². The van der Waals surface area contributed by atoms with E-state index in [1.54, 1.807) is 6.92 Å². The van der Waals surface area contributed by atoms with Gasteiger partial charge in [0.15, 0.2) is 10.8 Å². The number of aromatic nitrogens is 1. The Balaban J connectivity index is 2.32. The van der Waals surface area contributed by atoms with E-state index >= 15 is 0 Å². The molecule has 1 heterocycles. The van der Waals surface area contributed by atoms with Crippen LogP contribution in [0.5, 0.6) is 0 Å². The Hall–Kier alpha value is -1.40. The fourth-order valence-electron chi connectivity index (χ4n) is 1.51. The van der Waals surface area contributed by atoms with Crippen molar-refractivity contribution >= 4 is 44.1 Å². The summed E-state index contributed by atoms with van der Waals surface area (Å²) in [6.07, 6.45) is 0. The third-order valence-corrected chi connectivity index (χ3v) is 4.37. The fourth-order valence-corrected chi connectivity index (χ4v) is 2.69. The van der Waals surface area contributed by atoms with Gasteiger partial charge in [-0.2, -0.15) is 0 Å². The van der Waals surface area contributed by atoms with Gasteiger partial charge in [0.05, 0.1) is 5.69 Å². The number of carbonyl (C=O) groups is 1. The van der Waals surface area contributed by atoms with Gasteiger partial charge in [-0.1, -0.05) is 12.1 Å². The number of benzene rings is 1. The van der Waals surface area contributed by atoms with Gasteiger partial charge in [-0.3, -0.25) is 0 Å². The average Bonchev–Trinajstić information content (AvgIpc) is 2.66. The molecule has 2 rings (SSSR count). The summed E-state index contributed by atoms with van der Waals surface area (Å²) in [5, 5.41) is 12.7. The fraction of sp³-hybridized carbons (Fsp3) is 0.167. The van der Waals surface area contributed by atoms with Crippen molar-refractivity contribution in [2.45, 2.75) is 13.8 Å². The average molecular weight is 327 g/mol. The molecule has 6 heteroatoms. The Labute approximate surface area is 117 Å². The molecular weight excluding hydrogens is 316 g/mol. The first-order valence-electron chi connectivity index (χ1n) is 5.22. The lowest BCUT2D eigenvalue weighted by Crippen LogP contribution is -1.99. The van der Waals surface area contributed by atoms with Crippen molar-refractivity contribution in [2.75, 3.05) is 5.32 Å². The zero-order valence-corrected chi connectivity index (χ0v) is 12.2. The van der Waals surface area contributed by atoms with E-state index in [0.29, 0.717) is 10.0 Å². The monoisotopic (exact) mass is 326 g/mol. The van der Waals surface area contributed by atoms with Crippen LogP contribution in [0, 0.1) is 13.8 Å². The van der Waals surface area contributed by atoms with Crippen LogP contribution in [0.2, 0.25) is 0 Å². The molecule has 1 aromatic heterocycles. The maximum atomic E-state index is 10.9. The quantitative estimate of drug-likeness (QED) is 0.896.